The van der Waals surface area contributed by atoms with Crippen LogP contribution >= 0.6 is 15.9 Å². The van der Waals surface area contributed by atoms with Gasteiger partial charge in [0, 0.05) is 49.6 Å². The minimum absolute atomic E-state index is 0.0105. The number of nitrogens with zero attached hydrogens (tertiary/aromatic N) is 2. The summed E-state index contributed by atoms with van der Waals surface area (Å²) in [6, 6.07) is 7.54. The smallest absolute Gasteiger partial charge is 0.321 e. The number of likely N-dealkylation sites (tertiary alicyclic amines) is 1. The van der Waals surface area contributed by atoms with Gasteiger partial charge in [0.25, 0.3) is 0 Å². The first-order chi connectivity index (χ1) is 13.1. The van der Waals surface area contributed by atoms with Gasteiger partial charge < -0.3 is 24.6 Å². The molecule has 148 valence electrons. The molecule has 2 fully saturated rings. The number of anilines is 1. The summed E-state index contributed by atoms with van der Waals surface area (Å²) in [5.41, 5.74) is 0.745. The lowest BCUT2D eigenvalue weighted by Crippen LogP contribution is -2.51. The predicted octanol–water partition coefficient (Wildman–Crippen LogP) is 2.71. The molecule has 3 rings (SSSR count). The molecule has 2 aliphatic heterocycles. The largest absolute Gasteiger partial charge is 0.381 e. The van der Waals surface area contributed by atoms with Gasteiger partial charge in [-0.25, -0.2) is 4.79 Å². The molecule has 3 amide bonds. The Labute approximate surface area is 168 Å². The maximum absolute atomic E-state index is 12.7. The third kappa shape index (κ3) is 5.21. The molecule has 1 unspecified atom stereocenters. The van der Waals surface area contributed by atoms with E-state index in [1.807, 2.05) is 29.2 Å². The average Bonchev–Trinajstić information content (AvgIpc) is 3.13. The topological polar surface area (TPSA) is 71.1 Å². The summed E-state index contributed by atoms with van der Waals surface area (Å²) >= 11 is 3.41. The van der Waals surface area contributed by atoms with Gasteiger partial charge >= 0.3 is 6.03 Å². The highest BCUT2D eigenvalue weighted by molar-refractivity contribution is 9.10. The summed E-state index contributed by atoms with van der Waals surface area (Å²) in [5, 5.41) is 2.93. The molecule has 1 atom stereocenters. The minimum atomic E-state index is -0.137. The van der Waals surface area contributed by atoms with Crippen LogP contribution in [0.15, 0.2) is 28.7 Å². The van der Waals surface area contributed by atoms with Crippen molar-refractivity contribution < 1.29 is 19.1 Å². The fourth-order valence-electron chi connectivity index (χ4n) is 3.79. The number of nitrogens with one attached hydrogen (secondary N) is 1. The standard InChI is InChI=1S/C19H26BrN3O4/c1-26-13-18(24)23(16-6-9-27-10-7-16)17-5-8-22(12-17)19(25)21-15-4-2-3-14(20)11-15/h2-4,11,16-17H,5-10,12-13H2,1H3,(H,21,25). The third-order valence-electron chi connectivity index (χ3n) is 5.06. The van der Waals surface area contributed by atoms with Crippen LogP contribution in [0.4, 0.5) is 10.5 Å². The summed E-state index contributed by atoms with van der Waals surface area (Å²) in [4.78, 5) is 29.0. The fraction of sp³-hybridized carbons (Fsp3) is 0.579. The molecular formula is C19H26BrN3O4. The highest BCUT2D eigenvalue weighted by Gasteiger charge is 2.37. The number of benzene rings is 1. The molecule has 0 bridgehead atoms. The summed E-state index contributed by atoms with van der Waals surface area (Å²) < 4.78 is 11.4. The van der Waals surface area contributed by atoms with Crippen molar-refractivity contribution in [2.45, 2.75) is 31.3 Å². The molecule has 1 aromatic rings. The Hall–Kier alpha value is -1.64. The highest BCUT2D eigenvalue weighted by atomic mass is 79.9. The molecule has 0 saturated carbocycles. The zero-order valence-corrected chi connectivity index (χ0v) is 17.1. The van der Waals surface area contributed by atoms with E-state index >= 15 is 0 Å². The Morgan fingerprint density at radius 3 is 2.78 bits per heavy atom. The van der Waals surface area contributed by atoms with E-state index in [4.69, 9.17) is 9.47 Å². The number of methoxy groups -OCH3 is 1. The van der Waals surface area contributed by atoms with Gasteiger partial charge in [-0.3, -0.25) is 4.79 Å². The lowest BCUT2D eigenvalue weighted by molar-refractivity contribution is -0.142. The van der Waals surface area contributed by atoms with Crippen molar-refractivity contribution in [1.82, 2.24) is 9.80 Å². The quantitative estimate of drug-likeness (QED) is 0.765. The van der Waals surface area contributed by atoms with Crippen molar-refractivity contribution >= 4 is 33.6 Å². The van der Waals surface area contributed by atoms with Crippen molar-refractivity contribution in [2.24, 2.45) is 0 Å². The first kappa shape index (κ1) is 20.1. The molecule has 0 radical (unpaired) electrons. The lowest BCUT2D eigenvalue weighted by atomic mass is 10.0. The van der Waals surface area contributed by atoms with Gasteiger partial charge in [-0.2, -0.15) is 0 Å². The molecule has 27 heavy (non-hydrogen) atoms. The van der Waals surface area contributed by atoms with Crippen LogP contribution in [-0.2, 0) is 14.3 Å². The summed E-state index contributed by atoms with van der Waals surface area (Å²) in [6.45, 7) is 2.57. The van der Waals surface area contributed by atoms with E-state index in [-0.39, 0.29) is 30.6 Å². The van der Waals surface area contributed by atoms with Crippen molar-refractivity contribution in [2.75, 3.05) is 45.3 Å². The number of amides is 3. The number of carbonyl (C=O) groups excluding carboxylic acids is 2. The van der Waals surface area contributed by atoms with Crippen LogP contribution in [-0.4, -0.2) is 73.8 Å². The van der Waals surface area contributed by atoms with Crippen molar-refractivity contribution in [1.29, 1.82) is 0 Å². The van der Waals surface area contributed by atoms with Gasteiger partial charge in [0.1, 0.15) is 6.61 Å². The van der Waals surface area contributed by atoms with Crippen LogP contribution in [0.3, 0.4) is 0 Å². The second kappa shape index (κ2) is 9.52. The second-order valence-corrected chi connectivity index (χ2v) is 7.82. The number of urea groups is 1. The number of ether oxygens (including phenoxy) is 2. The Balaban J connectivity index is 1.64. The third-order valence-corrected chi connectivity index (χ3v) is 5.55. The lowest BCUT2D eigenvalue weighted by Gasteiger charge is -2.38. The maximum atomic E-state index is 12.7. The van der Waals surface area contributed by atoms with Gasteiger partial charge in [0.15, 0.2) is 0 Å². The molecule has 2 aliphatic rings. The molecule has 1 N–H and O–H groups in total. The summed E-state index contributed by atoms with van der Waals surface area (Å²) in [7, 11) is 1.53. The van der Waals surface area contributed by atoms with E-state index in [9.17, 15) is 9.59 Å². The number of halogens is 1. The summed E-state index contributed by atoms with van der Waals surface area (Å²) in [6.07, 6.45) is 2.44. The van der Waals surface area contributed by atoms with Gasteiger partial charge in [-0.1, -0.05) is 22.0 Å². The molecular weight excluding hydrogens is 414 g/mol. The Bertz CT molecular complexity index is 666. The number of carbonyl (C=O) groups is 2. The molecule has 7 nitrogen and oxygen atoms in total. The Morgan fingerprint density at radius 1 is 1.30 bits per heavy atom. The fourth-order valence-corrected chi connectivity index (χ4v) is 4.19. The van der Waals surface area contributed by atoms with E-state index in [1.54, 1.807) is 4.90 Å². The van der Waals surface area contributed by atoms with E-state index in [0.29, 0.717) is 26.3 Å². The minimum Gasteiger partial charge on any atom is -0.381 e. The van der Waals surface area contributed by atoms with E-state index in [2.05, 4.69) is 21.2 Å². The van der Waals surface area contributed by atoms with Crippen molar-refractivity contribution in [3.05, 3.63) is 28.7 Å². The van der Waals surface area contributed by atoms with E-state index in [0.717, 1.165) is 29.4 Å². The predicted molar refractivity (Wildman–Crippen MR) is 106 cm³/mol. The number of hydrogen-bond donors (Lipinski definition) is 1. The molecule has 8 heteroatoms. The zero-order chi connectivity index (χ0) is 19.2. The number of rotatable bonds is 5. The van der Waals surface area contributed by atoms with Gasteiger partial charge in [0.05, 0.1) is 6.04 Å². The van der Waals surface area contributed by atoms with Gasteiger partial charge in [-0.05, 0) is 37.5 Å². The molecule has 0 aliphatic carbocycles. The monoisotopic (exact) mass is 439 g/mol. The molecule has 0 spiro atoms. The van der Waals surface area contributed by atoms with Crippen LogP contribution in [0.2, 0.25) is 0 Å². The van der Waals surface area contributed by atoms with Crippen LogP contribution in [0, 0.1) is 0 Å². The average molecular weight is 440 g/mol. The SMILES string of the molecule is COCC(=O)N(C1CCOCC1)C1CCN(C(=O)Nc2cccc(Br)c2)C1. The Kier molecular flexibility index (Phi) is 7.09. The normalized spacial score (nSPS) is 20.5. The second-order valence-electron chi connectivity index (χ2n) is 6.91. The first-order valence-corrected chi connectivity index (χ1v) is 10.1. The molecule has 1 aromatic carbocycles. The van der Waals surface area contributed by atoms with Crippen LogP contribution in [0.1, 0.15) is 19.3 Å². The molecule has 2 saturated heterocycles. The first-order valence-electron chi connectivity index (χ1n) is 9.28. The molecule has 0 aromatic heterocycles. The van der Waals surface area contributed by atoms with E-state index in [1.165, 1.54) is 7.11 Å². The maximum Gasteiger partial charge on any atom is 0.321 e. The van der Waals surface area contributed by atoms with Gasteiger partial charge in [-0.15, -0.1) is 0 Å². The van der Waals surface area contributed by atoms with Crippen LogP contribution in [0.5, 0.6) is 0 Å². The van der Waals surface area contributed by atoms with Crippen molar-refractivity contribution in [3.63, 3.8) is 0 Å². The van der Waals surface area contributed by atoms with Crippen molar-refractivity contribution in [3.8, 4) is 0 Å². The molecule has 2 heterocycles. The summed E-state index contributed by atoms with van der Waals surface area (Å²) in [5.74, 6) is -0.0105. The Morgan fingerprint density at radius 2 is 2.07 bits per heavy atom. The highest BCUT2D eigenvalue weighted by Crippen LogP contribution is 2.24. The van der Waals surface area contributed by atoms with Gasteiger partial charge in [0.2, 0.25) is 5.91 Å². The zero-order valence-electron chi connectivity index (χ0n) is 15.5. The van der Waals surface area contributed by atoms with Crippen LogP contribution < -0.4 is 5.32 Å². The van der Waals surface area contributed by atoms with E-state index < -0.39 is 0 Å². The number of hydrogen-bond acceptors (Lipinski definition) is 4. The van der Waals surface area contributed by atoms with Crippen LogP contribution in [0.25, 0.3) is 0 Å².